The van der Waals surface area contributed by atoms with Crippen molar-refractivity contribution in [3.05, 3.63) is 90.0 Å². The lowest BCUT2D eigenvalue weighted by Crippen LogP contribution is -2.10. The van der Waals surface area contributed by atoms with E-state index >= 15 is 0 Å². The molecule has 0 saturated carbocycles. The molecule has 1 aliphatic rings. The third kappa shape index (κ3) is 5.18. The SMILES string of the molecule is COc1cc(/C(C)=C/c2cc3c(cc2NC(C)C)OCO3)cc(-c2ccc(-c3ccccc3)cc2)c1OC. The molecule has 5 nitrogen and oxygen atoms in total. The number of allylic oxidation sites excluding steroid dienone is 1. The lowest BCUT2D eigenvalue weighted by atomic mass is 9.95. The average molecular weight is 508 g/mol. The third-order valence-electron chi connectivity index (χ3n) is 6.60. The van der Waals surface area contributed by atoms with Crippen molar-refractivity contribution in [1.29, 1.82) is 0 Å². The molecular formula is C33H33NO4. The standard InChI is InChI=1S/C33H33NO4/c1-21(2)34-29-19-31-30(37-20-38-31)18-27(29)15-22(3)26-16-28(33(36-5)32(17-26)35-4)25-13-11-24(12-14-25)23-9-7-6-8-10-23/h6-19,21,34H,20H2,1-5H3/b22-15+. The van der Waals surface area contributed by atoms with E-state index in [1.54, 1.807) is 14.2 Å². The van der Waals surface area contributed by atoms with Crippen LogP contribution in [0.2, 0.25) is 0 Å². The van der Waals surface area contributed by atoms with Gasteiger partial charge >= 0.3 is 0 Å². The van der Waals surface area contributed by atoms with E-state index in [9.17, 15) is 0 Å². The highest BCUT2D eigenvalue weighted by Crippen LogP contribution is 2.43. The summed E-state index contributed by atoms with van der Waals surface area (Å²) in [5, 5.41) is 3.53. The van der Waals surface area contributed by atoms with Crippen molar-refractivity contribution in [2.45, 2.75) is 26.8 Å². The maximum atomic E-state index is 5.82. The Morgan fingerprint density at radius 2 is 1.47 bits per heavy atom. The largest absolute Gasteiger partial charge is 0.493 e. The summed E-state index contributed by atoms with van der Waals surface area (Å²) in [6.07, 6.45) is 2.16. The van der Waals surface area contributed by atoms with Crippen molar-refractivity contribution < 1.29 is 18.9 Å². The van der Waals surface area contributed by atoms with Gasteiger partial charge in [0.05, 0.1) is 14.2 Å². The first-order chi connectivity index (χ1) is 18.5. The molecule has 0 bridgehead atoms. The molecule has 0 radical (unpaired) electrons. The van der Waals surface area contributed by atoms with Crippen molar-refractivity contribution in [2.75, 3.05) is 26.3 Å². The van der Waals surface area contributed by atoms with Gasteiger partial charge in [-0.3, -0.25) is 0 Å². The summed E-state index contributed by atoms with van der Waals surface area (Å²) in [6, 6.07) is 27.4. The summed E-state index contributed by atoms with van der Waals surface area (Å²) < 4.78 is 22.9. The van der Waals surface area contributed by atoms with Gasteiger partial charge in [-0.2, -0.15) is 0 Å². The van der Waals surface area contributed by atoms with Crippen molar-refractivity contribution in [3.8, 4) is 45.3 Å². The number of methoxy groups -OCH3 is 2. The van der Waals surface area contributed by atoms with Gasteiger partial charge in [0.15, 0.2) is 23.0 Å². The minimum Gasteiger partial charge on any atom is -0.493 e. The van der Waals surface area contributed by atoms with Gasteiger partial charge in [-0.25, -0.2) is 0 Å². The van der Waals surface area contributed by atoms with E-state index in [0.29, 0.717) is 11.5 Å². The zero-order valence-electron chi connectivity index (χ0n) is 22.5. The molecule has 38 heavy (non-hydrogen) atoms. The molecule has 194 valence electrons. The van der Waals surface area contributed by atoms with Crippen molar-refractivity contribution in [1.82, 2.24) is 0 Å². The molecule has 5 heteroatoms. The first-order valence-electron chi connectivity index (χ1n) is 12.8. The first kappa shape index (κ1) is 25.3. The van der Waals surface area contributed by atoms with Crippen LogP contribution in [0.25, 0.3) is 33.9 Å². The smallest absolute Gasteiger partial charge is 0.231 e. The molecule has 0 fully saturated rings. The van der Waals surface area contributed by atoms with Crippen LogP contribution in [-0.4, -0.2) is 27.1 Å². The van der Waals surface area contributed by atoms with Crippen LogP contribution in [0.5, 0.6) is 23.0 Å². The second-order valence-corrected chi connectivity index (χ2v) is 9.62. The molecule has 0 unspecified atom stereocenters. The molecule has 1 heterocycles. The predicted octanol–water partition coefficient (Wildman–Crippen LogP) is 8.15. The van der Waals surface area contributed by atoms with E-state index in [1.165, 1.54) is 11.1 Å². The summed E-state index contributed by atoms with van der Waals surface area (Å²) in [5.41, 5.74) is 8.54. The Bertz CT molecular complexity index is 1460. The normalized spacial score (nSPS) is 12.5. The Hall–Kier alpha value is -4.38. The fourth-order valence-electron chi connectivity index (χ4n) is 4.71. The Labute approximate surface area is 224 Å². The Kier molecular flexibility index (Phi) is 7.27. The summed E-state index contributed by atoms with van der Waals surface area (Å²) in [7, 11) is 3.35. The van der Waals surface area contributed by atoms with Crippen LogP contribution in [0, 0.1) is 0 Å². The van der Waals surface area contributed by atoms with E-state index in [1.807, 2.05) is 24.3 Å². The maximum absolute atomic E-state index is 5.82. The van der Waals surface area contributed by atoms with Gasteiger partial charge < -0.3 is 24.3 Å². The molecule has 0 aliphatic carbocycles. The third-order valence-corrected chi connectivity index (χ3v) is 6.60. The van der Waals surface area contributed by atoms with Crippen LogP contribution in [0.3, 0.4) is 0 Å². The number of hydrogen-bond donors (Lipinski definition) is 1. The van der Waals surface area contributed by atoms with Gasteiger partial charge in [0, 0.05) is 28.9 Å². The fraction of sp³-hybridized carbons (Fsp3) is 0.212. The zero-order chi connectivity index (χ0) is 26.6. The Morgan fingerprint density at radius 3 is 2.13 bits per heavy atom. The molecule has 5 rings (SSSR count). The number of hydrogen-bond acceptors (Lipinski definition) is 5. The molecule has 0 atom stereocenters. The number of fused-ring (bicyclic) bond motifs is 1. The van der Waals surface area contributed by atoms with Gasteiger partial charge in [0.25, 0.3) is 0 Å². The number of ether oxygens (including phenoxy) is 4. The number of nitrogens with one attached hydrogen (secondary N) is 1. The molecule has 1 N–H and O–H groups in total. The van der Waals surface area contributed by atoms with E-state index in [2.05, 4.69) is 86.8 Å². The summed E-state index contributed by atoms with van der Waals surface area (Å²) >= 11 is 0. The van der Waals surface area contributed by atoms with Gasteiger partial charge in [-0.1, -0.05) is 54.6 Å². The van der Waals surface area contributed by atoms with Crippen LogP contribution in [0.4, 0.5) is 5.69 Å². The van der Waals surface area contributed by atoms with Gasteiger partial charge in [-0.05, 0) is 72.9 Å². The van der Waals surface area contributed by atoms with Crippen LogP contribution >= 0.6 is 0 Å². The van der Waals surface area contributed by atoms with Gasteiger partial charge in [-0.15, -0.1) is 0 Å². The van der Waals surface area contributed by atoms with Crippen LogP contribution in [0.1, 0.15) is 31.9 Å². The zero-order valence-corrected chi connectivity index (χ0v) is 22.5. The number of anilines is 1. The number of benzene rings is 4. The highest BCUT2D eigenvalue weighted by Gasteiger charge is 2.19. The molecule has 4 aromatic rings. The average Bonchev–Trinajstić information content (AvgIpc) is 3.39. The fourth-order valence-corrected chi connectivity index (χ4v) is 4.71. The highest BCUT2D eigenvalue weighted by atomic mass is 16.7. The topological polar surface area (TPSA) is 49.0 Å². The second kappa shape index (κ2) is 10.9. The van der Waals surface area contributed by atoms with Crippen LogP contribution in [0.15, 0.2) is 78.9 Å². The molecule has 1 aliphatic heterocycles. The van der Waals surface area contributed by atoms with Crippen molar-refractivity contribution in [3.63, 3.8) is 0 Å². The number of rotatable bonds is 8. The molecule has 4 aromatic carbocycles. The van der Waals surface area contributed by atoms with Crippen molar-refractivity contribution >= 4 is 17.3 Å². The Morgan fingerprint density at radius 1 is 0.816 bits per heavy atom. The minimum atomic E-state index is 0.241. The molecule has 0 amide bonds. The molecule has 0 aromatic heterocycles. The first-order valence-corrected chi connectivity index (χ1v) is 12.8. The van der Waals surface area contributed by atoms with Gasteiger partial charge in [0.1, 0.15) is 0 Å². The summed E-state index contributed by atoms with van der Waals surface area (Å²) in [5.74, 6) is 2.91. The van der Waals surface area contributed by atoms with Crippen LogP contribution < -0.4 is 24.3 Å². The van der Waals surface area contributed by atoms with E-state index in [4.69, 9.17) is 18.9 Å². The quantitative estimate of drug-likeness (QED) is 0.244. The van der Waals surface area contributed by atoms with Gasteiger partial charge in [0.2, 0.25) is 6.79 Å². The van der Waals surface area contributed by atoms with E-state index < -0.39 is 0 Å². The summed E-state index contributed by atoms with van der Waals surface area (Å²) in [4.78, 5) is 0. The monoisotopic (exact) mass is 507 g/mol. The summed E-state index contributed by atoms with van der Waals surface area (Å²) in [6.45, 7) is 6.58. The molecular weight excluding hydrogens is 474 g/mol. The lowest BCUT2D eigenvalue weighted by molar-refractivity contribution is 0.174. The Balaban J connectivity index is 1.57. The minimum absolute atomic E-state index is 0.241. The predicted molar refractivity (Wildman–Crippen MR) is 155 cm³/mol. The second-order valence-electron chi connectivity index (χ2n) is 9.62. The lowest BCUT2D eigenvalue weighted by Gasteiger charge is -2.17. The van der Waals surface area contributed by atoms with E-state index in [0.717, 1.165) is 45.0 Å². The maximum Gasteiger partial charge on any atom is 0.231 e. The molecule has 0 saturated heterocycles. The van der Waals surface area contributed by atoms with Crippen LogP contribution in [-0.2, 0) is 0 Å². The van der Waals surface area contributed by atoms with E-state index in [-0.39, 0.29) is 12.8 Å². The van der Waals surface area contributed by atoms with Crippen molar-refractivity contribution in [2.24, 2.45) is 0 Å². The molecule has 0 spiro atoms. The highest BCUT2D eigenvalue weighted by molar-refractivity contribution is 5.89.